The number of halogens is 4. The molecular weight excluding hydrogens is 358 g/mol. The van der Waals surface area contributed by atoms with Crippen LogP contribution in [0.15, 0.2) is 30.3 Å². The largest absolute Gasteiger partial charge is 0.418 e. The normalized spacial score (nSPS) is 21.8. The van der Waals surface area contributed by atoms with Crippen molar-refractivity contribution in [3.63, 3.8) is 0 Å². The molecule has 1 saturated heterocycles. The van der Waals surface area contributed by atoms with Gasteiger partial charge in [-0.2, -0.15) is 13.2 Å². The molecule has 27 heavy (non-hydrogen) atoms. The van der Waals surface area contributed by atoms with Crippen LogP contribution in [-0.4, -0.2) is 26.2 Å². The summed E-state index contributed by atoms with van der Waals surface area (Å²) in [4.78, 5) is 1.79. The quantitative estimate of drug-likeness (QED) is 0.735. The predicted octanol–water partition coefficient (Wildman–Crippen LogP) is 4.79. The lowest BCUT2D eigenvalue weighted by Crippen LogP contribution is -2.42. The molecule has 2 heterocycles. The topological polar surface area (TPSA) is 27.3 Å². The Morgan fingerprint density at radius 1 is 1.15 bits per heavy atom. The number of likely N-dealkylation sites (N-methyl/N-ethyl adjacent to an activating group) is 1. The highest BCUT2D eigenvalue weighted by molar-refractivity contribution is 5.74. The van der Waals surface area contributed by atoms with Gasteiger partial charge in [0.2, 0.25) is 0 Å². The molecule has 0 aromatic heterocycles. The van der Waals surface area contributed by atoms with E-state index in [-0.39, 0.29) is 23.5 Å². The van der Waals surface area contributed by atoms with Crippen molar-refractivity contribution in [1.29, 1.82) is 0 Å². The Labute approximate surface area is 155 Å². The lowest BCUT2D eigenvalue weighted by molar-refractivity contribution is -0.137. The van der Waals surface area contributed by atoms with E-state index in [1.807, 2.05) is 0 Å². The number of aryl methyl sites for hydroxylation is 1. The van der Waals surface area contributed by atoms with Crippen LogP contribution in [0.4, 0.5) is 34.6 Å². The van der Waals surface area contributed by atoms with E-state index in [9.17, 15) is 17.6 Å². The van der Waals surface area contributed by atoms with Gasteiger partial charge in [-0.3, -0.25) is 0 Å². The maximum atomic E-state index is 13.8. The highest BCUT2D eigenvalue weighted by Crippen LogP contribution is 2.50. The van der Waals surface area contributed by atoms with Crippen LogP contribution in [0.25, 0.3) is 0 Å². The van der Waals surface area contributed by atoms with E-state index < -0.39 is 11.7 Å². The molecule has 144 valence electrons. The number of fused-ring (bicyclic) bond motifs is 3. The summed E-state index contributed by atoms with van der Waals surface area (Å²) in [7, 11) is 1.75. The lowest BCUT2D eigenvalue weighted by Gasteiger charge is -2.31. The number of hydrogen-bond acceptors (Lipinski definition) is 3. The van der Waals surface area contributed by atoms with Gasteiger partial charge < -0.3 is 15.5 Å². The van der Waals surface area contributed by atoms with Crippen LogP contribution < -0.4 is 15.5 Å². The predicted molar refractivity (Wildman–Crippen MR) is 98.3 cm³/mol. The summed E-state index contributed by atoms with van der Waals surface area (Å²) in [5.74, 6) is -0.320. The van der Waals surface area contributed by atoms with E-state index in [1.54, 1.807) is 31.0 Å². The summed E-state index contributed by atoms with van der Waals surface area (Å²) in [6.45, 7) is 3.09. The van der Waals surface area contributed by atoms with Crippen molar-refractivity contribution < 1.29 is 17.6 Å². The van der Waals surface area contributed by atoms with Gasteiger partial charge in [0, 0.05) is 36.9 Å². The van der Waals surface area contributed by atoms with Gasteiger partial charge in [-0.15, -0.1) is 0 Å². The van der Waals surface area contributed by atoms with Crippen LogP contribution in [0.3, 0.4) is 0 Å². The van der Waals surface area contributed by atoms with Gasteiger partial charge in [-0.25, -0.2) is 4.39 Å². The summed E-state index contributed by atoms with van der Waals surface area (Å²) < 4.78 is 54.9. The van der Waals surface area contributed by atoms with Crippen LogP contribution in [0.5, 0.6) is 0 Å². The van der Waals surface area contributed by atoms with Gasteiger partial charge >= 0.3 is 6.18 Å². The van der Waals surface area contributed by atoms with Gasteiger partial charge in [0.25, 0.3) is 0 Å². The molecular formula is C20H21F4N3. The minimum Gasteiger partial charge on any atom is -0.370 e. The first-order valence-corrected chi connectivity index (χ1v) is 8.97. The van der Waals surface area contributed by atoms with Gasteiger partial charge in [-0.05, 0) is 61.3 Å². The molecule has 7 heteroatoms. The molecule has 4 rings (SSSR count). The van der Waals surface area contributed by atoms with Crippen molar-refractivity contribution in [3.05, 3.63) is 52.8 Å². The average molecular weight is 379 g/mol. The Morgan fingerprint density at radius 3 is 2.63 bits per heavy atom. The summed E-state index contributed by atoms with van der Waals surface area (Å²) in [5.41, 5.74) is 1.73. The number of alkyl halides is 3. The van der Waals surface area contributed by atoms with Crippen LogP contribution in [-0.2, 0) is 6.18 Å². The zero-order chi connectivity index (χ0) is 19.3. The van der Waals surface area contributed by atoms with E-state index in [0.29, 0.717) is 29.0 Å². The zero-order valence-corrected chi connectivity index (χ0v) is 15.1. The smallest absolute Gasteiger partial charge is 0.370 e. The highest BCUT2D eigenvalue weighted by atomic mass is 19.4. The fourth-order valence-electron chi connectivity index (χ4n) is 4.30. The number of hydrogen-bond donors (Lipinski definition) is 2. The molecule has 2 atom stereocenters. The molecule has 2 N–H and O–H groups in total. The van der Waals surface area contributed by atoms with E-state index in [4.69, 9.17) is 0 Å². The number of nitrogens with one attached hydrogen (secondary N) is 2. The lowest BCUT2D eigenvalue weighted by atomic mass is 9.89. The molecule has 2 aliphatic heterocycles. The van der Waals surface area contributed by atoms with Crippen molar-refractivity contribution in [3.8, 4) is 0 Å². The summed E-state index contributed by atoms with van der Waals surface area (Å²) in [6.07, 6.45) is -3.64. The summed E-state index contributed by atoms with van der Waals surface area (Å²) in [6, 6.07) is 7.46. The van der Waals surface area contributed by atoms with Crippen LogP contribution in [0.2, 0.25) is 0 Å². The Balaban J connectivity index is 1.79. The molecule has 0 radical (unpaired) electrons. The second-order valence-corrected chi connectivity index (χ2v) is 7.33. The standard InChI is InChI=1S/C20H21F4N3/c1-11-7-12(3-4-17(11)21)26-13-8-14-15-10-25-6-5-18(15)27(2)19(14)16(9-13)20(22,23)24/h3-4,7-9,15,18,25-26H,5-6,10H2,1-2H3/t15-,18-/m0/s1. The van der Waals surface area contributed by atoms with Crippen LogP contribution in [0.1, 0.15) is 29.0 Å². The molecule has 2 aliphatic rings. The Hall–Kier alpha value is -2.28. The Kier molecular flexibility index (Phi) is 4.29. The second kappa shape index (κ2) is 6.41. The fourth-order valence-corrected chi connectivity index (χ4v) is 4.30. The monoisotopic (exact) mass is 379 g/mol. The second-order valence-electron chi connectivity index (χ2n) is 7.33. The minimum absolute atomic E-state index is 0.0246. The summed E-state index contributed by atoms with van der Waals surface area (Å²) >= 11 is 0. The third-order valence-corrected chi connectivity index (χ3v) is 5.59. The molecule has 2 aromatic rings. The molecule has 0 amide bonds. The SMILES string of the molecule is Cc1cc(Nc2cc3c(c(C(F)(F)F)c2)N(C)[C@H]2CCNC[C@@H]32)ccc1F. The first-order chi connectivity index (χ1) is 12.8. The maximum absolute atomic E-state index is 13.8. The number of rotatable bonds is 2. The third kappa shape index (κ3) is 3.14. The Morgan fingerprint density at radius 2 is 1.93 bits per heavy atom. The van der Waals surface area contributed by atoms with Gasteiger partial charge in [0.1, 0.15) is 5.82 Å². The molecule has 0 spiro atoms. The molecule has 0 aliphatic carbocycles. The van der Waals surface area contributed by atoms with Crippen LogP contribution in [0, 0.1) is 12.7 Å². The zero-order valence-electron chi connectivity index (χ0n) is 15.1. The number of nitrogens with zero attached hydrogens (tertiary/aromatic N) is 1. The van der Waals surface area contributed by atoms with Crippen molar-refractivity contribution >= 4 is 17.1 Å². The first kappa shape index (κ1) is 18.1. The number of piperidine rings is 1. The van der Waals surface area contributed by atoms with E-state index in [1.165, 1.54) is 12.1 Å². The van der Waals surface area contributed by atoms with E-state index in [0.717, 1.165) is 19.0 Å². The van der Waals surface area contributed by atoms with Crippen molar-refractivity contribution in [2.75, 3.05) is 30.4 Å². The fraction of sp³-hybridized carbons (Fsp3) is 0.400. The van der Waals surface area contributed by atoms with Crippen molar-refractivity contribution in [2.24, 2.45) is 0 Å². The maximum Gasteiger partial charge on any atom is 0.418 e. The van der Waals surface area contributed by atoms with Crippen LogP contribution >= 0.6 is 0 Å². The van der Waals surface area contributed by atoms with Gasteiger partial charge in [0.05, 0.1) is 11.3 Å². The average Bonchev–Trinajstić information content (AvgIpc) is 2.90. The molecule has 1 fully saturated rings. The molecule has 0 saturated carbocycles. The number of benzene rings is 2. The van der Waals surface area contributed by atoms with Crippen molar-refractivity contribution in [2.45, 2.75) is 31.5 Å². The van der Waals surface area contributed by atoms with Crippen molar-refractivity contribution in [1.82, 2.24) is 5.32 Å². The van der Waals surface area contributed by atoms with E-state index in [2.05, 4.69) is 10.6 Å². The first-order valence-electron chi connectivity index (χ1n) is 8.97. The highest BCUT2D eigenvalue weighted by Gasteiger charge is 2.45. The number of anilines is 3. The third-order valence-electron chi connectivity index (χ3n) is 5.59. The van der Waals surface area contributed by atoms with Gasteiger partial charge in [0.15, 0.2) is 0 Å². The molecule has 0 unspecified atom stereocenters. The molecule has 2 aromatic carbocycles. The Bertz CT molecular complexity index is 878. The molecule has 3 nitrogen and oxygen atoms in total. The van der Waals surface area contributed by atoms with E-state index >= 15 is 0 Å². The minimum atomic E-state index is -4.45. The summed E-state index contributed by atoms with van der Waals surface area (Å²) in [5, 5.41) is 6.31. The molecule has 0 bridgehead atoms. The van der Waals surface area contributed by atoms with Gasteiger partial charge in [-0.1, -0.05) is 0 Å².